The molecule has 0 aliphatic rings. The van der Waals surface area contributed by atoms with Gasteiger partial charge in [0.05, 0.1) is 10.5 Å². The number of hydrogen-bond donors (Lipinski definition) is 3. The minimum atomic E-state index is -0.722. The third kappa shape index (κ3) is 3.15. The second-order valence-corrected chi connectivity index (χ2v) is 3.63. The number of primary amides is 1. The summed E-state index contributed by atoms with van der Waals surface area (Å²) < 4.78 is 0. The average molecular weight is 238 g/mol. The van der Waals surface area contributed by atoms with Gasteiger partial charge in [-0.3, -0.25) is 14.9 Å². The third-order valence-corrected chi connectivity index (χ3v) is 2.23. The molecule has 1 atom stereocenters. The van der Waals surface area contributed by atoms with Crippen LogP contribution in [0.1, 0.15) is 17.3 Å². The molecule has 0 radical (unpaired) electrons. The van der Waals surface area contributed by atoms with E-state index in [9.17, 15) is 14.9 Å². The zero-order valence-corrected chi connectivity index (χ0v) is 9.34. The summed E-state index contributed by atoms with van der Waals surface area (Å²) in [5.41, 5.74) is 11.0. The summed E-state index contributed by atoms with van der Waals surface area (Å²) in [5, 5.41) is 13.5. The molecule has 92 valence electrons. The Morgan fingerprint density at radius 2 is 2.24 bits per heavy atom. The van der Waals surface area contributed by atoms with Crippen LogP contribution < -0.4 is 16.8 Å². The van der Waals surface area contributed by atoms with Crippen molar-refractivity contribution in [3.05, 3.63) is 33.9 Å². The van der Waals surface area contributed by atoms with Crippen molar-refractivity contribution in [3.8, 4) is 0 Å². The summed E-state index contributed by atoms with van der Waals surface area (Å²) in [6.07, 6.45) is 0. The minimum Gasteiger partial charge on any atom is -0.381 e. The SMILES string of the molecule is CC(CN)Nc1ccc([N+](=O)[O-])cc1C(N)=O. The van der Waals surface area contributed by atoms with Gasteiger partial charge in [0.15, 0.2) is 0 Å². The van der Waals surface area contributed by atoms with E-state index < -0.39 is 10.8 Å². The summed E-state index contributed by atoms with van der Waals surface area (Å²) in [7, 11) is 0. The van der Waals surface area contributed by atoms with Gasteiger partial charge in [0.25, 0.3) is 11.6 Å². The van der Waals surface area contributed by atoms with Crippen molar-refractivity contribution in [2.45, 2.75) is 13.0 Å². The topological polar surface area (TPSA) is 124 Å². The molecule has 5 N–H and O–H groups in total. The largest absolute Gasteiger partial charge is 0.381 e. The molecule has 0 saturated heterocycles. The first-order valence-corrected chi connectivity index (χ1v) is 5.00. The van der Waals surface area contributed by atoms with E-state index in [4.69, 9.17) is 11.5 Å². The maximum atomic E-state index is 11.2. The van der Waals surface area contributed by atoms with Gasteiger partial charge in [-0.25, -0.2) is 0 Å². The Balaban J connectivity index is 3.13. The van der Waals surface area contributed by atoms with E-state index in [0.29, 0.717) is 12.2 Å². The first kappa shape index (κ1) is 12.9. The van der Waals surface area contributed by atoms with E-state index >= 15 is 0 Å². The van der Waals surface area contributed by atoms with Crippen molar-refractivity contribution in [1.29, 1.82) is 0 Å². The van der Waals surface area contributed by atoms with E-state index in [1.807, 2.05) is 6.92 Å². The molecule has 1 aromatic rings. The van der Waals surface area contributed by atoms with Gasteiger partial charge in [0, 0.05) is 30.4 Å². The lowest BCUT2D eigenvalue weighted by Gasteiger charge is -2.15. The summed E-state index contributed by atoms with van der Waals surface area (Å²) in [6, 6.07) is 3.84. The van der Waals surface area contributed by atoms with Gasteiger partial charge in [-0.05, 0) is 13.0 Å². The number of rotatable bonds is 5. The standard InChI is InChI=1S/C10H14N4O3/c1-6(5-11)13-9-3-2-7(14(16)17)4-8(9)10(12)15/h2-4,6,13H,5,11H2,1H3,(H2,12,15). The number of carbonyl (C=O) groups is 1. The molecule has 0 aliphatic carbocycles. The molecule has 0 aliphatic heterocycles. The normalized spacial score (nSPS) is 11.9. The van der Waals surface area contributed by atoms with Crippen LogP contribution in [0.25, 0.3) is 0 Å². The Hall–Kier alpha value is -2.15. The van der Waals surface area contributed by atoms with Crippen LogP contribution in [0.5, 0.6) is 0 Å². The average Bonchev–Trinajstić information content (AvgIpc) is 2.28. The molecule has 1 unspecified atom stereocenters. The molecule has 7 nitrogen and oxygen atoms in total. The second-order valence-electron chi connectivity index (χ2n) is 3.63. The number of benzene rings is 1. The number of hydrogen-bond acceptors (Lipinski definition) is 5. The number of anilines is 1. The van der Waals surface area contributed by atoms with Crippen LogP contribution in [0.3, 0.4) is 0 Å². The van der Waals surface area contributed by atoms with Crippen molar-refractivity contribution in [3.63, 3.8) is 0 Å². The predicted molar refractivity (Wildman–Crippen MR) is 63.8 cm³/mol. The molecule has 1 amide bonds. The van der Waals surface area contributed by atoms with Gasteiger partial charge < -0.3 is 16.8 Å². The van der Waals surface area contributed by atoms with E-state index in [1.165, 1.54) is 12.1 Å². The molecule has 1 rings (SSSR count). The van der Waals surface area contributed by atoms with Crippen LogP contribution in [0.4, 0.5) is 11.4 Å². The minimum absolute atomic E-state index is 0.0606. The highest BCUT2D eigenvalue weighted by Gasteiger charge is 2.15. The summed E-state index contributed by atoms with van der Waals surface area (Å²) in [6.45, 7) is 2.20. The van der Waals surface area contributed by atoms with Crippen molar-refractivity contribution >= 4 is 17.3 Å². The Kier molecular flexibility index (Phi) is 4.00. The Morgan fingerprint density at radius 1 is 1.59 bits per heavy atom. The number of carbonyl (C=O) groups excluding carboxylic acids is 1. The number of non-ortho nitro benzene ring substituents is 1. The maximum Gasteiger partial charge on any atom is 0.270 e. The van der Waals surface area contributed by atoms with Gasteiger partial charge >= 0.3 is 0 Å². The van der Waals surface area contributed by atoms with Gasteiger partial charge in [-0.15, -0.1) is 0 Å². The van der Waals surface area contributed by atoms with Gasteiger partial charge in [0.2, 0.25) is 0 Å². The zero-order valence-electron chi connectivity index (χ0n) is 9.34. The fourth-order valence-corrected chi connectivity index (χ4v) is 1.30. The molecule has 0 bridgehead atoms. The molecule has 0 fully saturated rings. The second kappa shape index (κ2) is 5.26. The fourth-order valence-electron chi connectivity index (χ4n) is 1.30. The van der Waals surface area contributed by atoms with Gasteiger partial charge in [-0.1, -0.05) is 0 Å². The van der Waals surface area contributed by atoms with E-state index in [2.05, 4.69) is 5.32 Å². The number of nitrogens with zero attached hydrogens (tertiary/aromatic N) is 1. The molecule has 0 aromatic heterocycles. The third-order valence-electron chi connectivity index (χ3n) is 2.23. The Bertz CT molecular complexity index is 447. The lowest BCUT2D eigenvalue weighted by Crippen LogP contribution is -2.27. The van der Waals surface area contributed by atoms with E-state index in [0.717, 1.165) is 6.07 Å². The van der Waals surface area contributed by atoms with Crippen LogP contribution in [0.2, 0.25) is 0 Å². The van der Waals surface area contributed by atoms with Crippen LogP contribution in [0.15, 0.2) is 18.2 Å². The molecule has 17 heavy (non-hydrogen) atoms. The smallest absolute Gasteiger partial charge is 0.270 e. The summed E-state index contributed by atoms with van der Waals surface area (Å²) >= 11 is 0. The Morgan fingerprint density at radius 3 is 2.71 bits per heavy atom. The number of nitrogens with two attached hydrogens (primary N) is 2. The van der Waals surface area contributed by atoms with Crippen molar-refractivity contribution in [2.24, 2.45) is 11.5 Å². The summed E-state index contributed by atoms with van der Waals surface area (Å²) in [4.78, 5) is 21.2. The molecular weight excluding hydrogens is 224 g/mol. The lowest BCUT2D eigenvalue weighted by atomic mass is 10.1. The Labute approximate surface area is 97.9 Å². The van der Waals surface area contributed by atoms with Crippen molar-refractivity contribution in [1.82, 2.24) is 0 Å². The maximum absolute atomic E-state index is 11.2. The molecular formula is C10H14N4O3. The fraction of sp³-hybridized carbons (Fsp3) is 0.300. The van der Waals surface area contributed by atoms with Crippen molar-refractivity contribution < 1.29 is 9.72 Å². The van der Waals surface area contributed by atoms with E-state index in [-0.39, 0.29) is 17.3 Å². The van der Waals surface area contributed by atoms with Gasteiger partial charge in [0.1, 0.15) is 0 Å². The number of nitrogens with one attached hydrogen (secondary N) is 1. The van der Waals surface area contributed by atoms with Crippen molar-refractivity contribution in [2.75, 3.05) is 11.9 Å². The predicted octanol–water partition coefficient (Wildman–Crippen LogP) is 0.453. The first-order chi connectivity index (χ1) is 7.95. The summed E-state index contributed by atoms with van der Waals surface area (Å²) in [5.74, 6) is -0.722. The molecule has 0 spiro atoms. The molecule has 0 heterocycles. The zero-order chi connectivity index (χ0) is 13.0. The lowest BCUT2D eigenvalue weighted by molar-refractivity contribution is -0.384. The molecule has 1 aromatic carbocycles. The quantitative estimate of drug-likeness (QED) is 0.507. The highest BCUT2D eigenvalue weighted by molar-refractivity contribution is 5.99. The van der Waals surface area contributed by atoms with Crippen LogP contribution in [0, 0.1) is 10.1 Å². The van der Waals surface area contributed by atoms with Gasteiger partial charge in [-0.2, -0.15) is 0 Å². The van der Waals surface area contributed by atoms with E-state index in [1.54, 1.807) is 0 Å². The number of amides is 1. The molecule has 0 saturated carbocycles. The van der Waals surface area contributed by atoms with Crippen LogP contribution in [-0.2, 0) is 0 Å². The highest BCUT2D eigenvalue weighted by Crippen LogP contribution is 2.22. The number of nitro groups is 1. The van der Waals surface area contributed by atoms with Crippen LogP contribution in [-0.4, -0.2) is 23.4 Å². The van der Waals surface area contributed by atoms with Crippen LogP contribution >= 0.6 is 0 Å². The first-order valence-electron chi connectivity index (χ1n) is 5.00. The molecule has 7 heteroatoms. The monoisotopic (exact) mass is 238 g/mol. The highest BCUT2D eigenvalue weighted by atomic mass is 16.6. The number of nitro benzene ring substituents is 1.